The molecule has 0 aromatic heterocycles. The van der Waals surface area contributed by atoms with Crippen LogP contribution >= 0.6 is 0 Å². The zero-order valence-corrected chi connectivity index (χ0v) is 12.9. The van der Waals surface area contributed by atoms with Crippen molar-refractivity contribution in [3.05, 3.63) is 35.6 Å². The van der Waals surface area contributed by atoms with Gasteiger partial charge in [-0.25, -0.2) is 4.39 Å². The van der Waals surface area contributed by atoms with E-state index < -0.39 is 11.6 Å². The highest BCUT2D eigenvalue weighted by atomic mass is 19.1. The van der Waals surface area contributed by atoms with Gasteiger partial charge in [0.1, 0.15) is 11.4 Å². The number of amides is 1. The van der Waals surface area contributed by atoms with Crippen LogP contribution in [0.3, 0.4) is 0 Å². The van der Waals surface area contributed by atoms with Gasteiger partial charge in [-0.2, -0.15) is 0 Å². The Morgan fingerprint density at radius 3 is 2.29 bits per heavy atom. The van der Waals surface area contributed by atoms with Crippen LogP contribution in [0, 0.1) is 5.82 Å². The number of hydrogen-bond donors (Lipinski definition) is 1. The summed E-state index contributed by atoms with van der Waals surface area (Å²) in [6.07, 6.45) is 0.111. The number of benzene rings is 1. The average Bonchev–Trinajstić information content (AvgIpc) is 2.35. The average molecular weight is 295 g/mol. The molecule has 4 nitrogen and oxygen atoms in total. The molecule has 1 unspecified atom stereocenters. The van der Waals surface area contributed by atoms with Crippen LogP contribution in [0.1, 0.15) is 52.1 Å². The molecule has 1 aromatic rings. The van der Waals surface area contributed by atoms with Crippen molar-refractivity contribution < 1.29 is 18.7 Å². The van der Waals surface area contributed by atoms with Crippen molar-refractivity contribution in [3.63, 3.8) is 0 Å². The van der Waals surface area contributed by atoms with E-state index in [1.54, 1.807) is 39.8 Å². The number of ether oxygens (including phenoxy) is 1. The maximum atomic E-state index is 12.8. The van der Waals surface area contributed by atoms with E-state index in [0.717, 1.165) is 5.56 Å². The summed E-state index contributed by atoms with van der Waals surface area (Å²) in [5, 5.41) is 2.76. The summed E-state index contributed by atoms with van der Waals surface area (Å²) in [6, 6.07) is 5.69. The molecule has 1 rings (SSSR count). The molecule has 1 atom stereocenters. The van der Waals surface area contributed by atoms with Gasteiger partial charge in [-0.1, -0.05) is 12.1 Å². The molecule has 0 aliphatic heterocycles. The first-order valence-corrected chi connectivity index (χ1v) is 6.94. The fourth-order valence-corrected chi connectivity index (χ4v) is 1.76. The number of esters is 1. The highest BCUT2D eigenvalue weighted by Gasteiger charge is 2.17. The maximum Gasteiger partial charge on any atom is 0.306 e. The molecule has 0 bridgehead atoms. The zero-order valence-electron chi connectivity index (χ0n) is 12.9. The molecule has 0 spiro atoms. The minimum atomic E-state index is -0.547. The molecule has 1 amide bonds. The normalized spacial score (nSPS) is 12.6. The van der Waals surface area contributed by atoms with E-state index in [1.165, 1.54) is 12.1 Å². The lowest BCUT2D eigenvalue weighted by Crippen LogP contribution is -2.28. The van der Waals surface area contributed by atoms with Gasteiger partial charge in [0.25, 0.3) is 0 Å². The molecule has 0 radical (unpaired) electrons. The minimum absolute atomic E-state index is 0.0409. The van der Waals surface area contributed by atoms with Gasteiger partial charge in [0.15, 0.2) is 0 Å². The van der Waals surface area contributed by atoms with Crippen LogP contribution in [0.15, 0.2) is 24.3 Å². The second kappa shape index (κ2) is 7.20. The van der Waals surface area contributed by atoms with Gasteiger partial charge in [0.2, 0.25) is 5.91 Å². The Morgan fingerprint density at radius 2 is 1.76 bits per heavy atom. The first-order valence-electron chi connectivity index (χ1n) is 6.94. The Bertz CT molecular complexity index is 491. The molecule has 0 heterocycles. The first kappa shape index (κ1) is 17.1. The van der Waals surface area contributed by atoms with E-state index in [9.17, 15) is 14.0 Å². The van der Waals surface area contributed by atoms with Crippen LogP contribution in [0.25, 0.3) is 0 Å². The van der Waals surface area contributed by atoms with Crippen molar-refractivity contribution in [2.24, 2.45) is 0 Å². The van der Waals surface area contributed by atoms with Crippen molar-refractivity contribution >= 4 is 11.9 Å². The maximum absolute atomic E-state index is 12.8. The number of hydrogen-bond acceptors (Lipinski definition) is 3. The van der Waals surface area contributed by atoms with Gasteiger partial charge in [-0.05, 0) is 45.4 Å². The van der Waals surface area contributed by atoms with E-state index in [-0.39, 0.29) is 30.6 Å². The van der Waals surface area contributed by atoms with E-state index >= 15 is 0 Å². The Labute approximate surface area is 124 Å². The Balaban J connectivity index is 2.40. The van der Waals surface area contributed by atoms with Crippen molar-refractivity contribution in [1.82, 2.24) is 5.32 Å². The zero-order chi connectivity index (χ0) is 16.0. The fraction of sp³-hybridized carbons (Fsp3) is 0.500. The van der Waals surface area contributed by atoms with Crippen molar-refractivity contribution in [2.75, 3.05) is 0 Å². The van der Waals surface area contributed by atoms with Crippen LogP contribution in [0.4, 0.5) is 4.39 Å². The summed E-state index contributed by atoms with van der Waals surface area (Å²) in [4.78, 5) is 23.3. The lowest BCUT2D eigenvalue weighted by atomic mass is 10.1. The summed E-state index contributed by atoms with van der Waals surface area (Å²) in [7, 11) is 0. The van der Waals surface area contributed by atoms with Crippen LogP contribution in [0.5, 0.6) is 0 Å². The Morgan fingerprint density at radius 1 is 1.19 bits per heavy atom. The van der Waals surface area contributed by atoms with Crippen molar-refractivity contribution in [3.8, 4) is 0 Å². The molecule has 1 N–H and O–H groups in total. The lowest BCUT2D eigenvalue weighted by Gasteiger charge is -2.19. The Kier molecular flexibility index (Phi) is 5.88. The standard InChI is InChI=1S/C16H22FNO3/c1-11(12-5-7-13(17)8-6-12)18-14(19)9-10-15(20)21-16(2,3)4/h5-8,11H,9-10H2,1-4H3,(H,18,19). The SMILES string of the molecule is CC(NC(=O)CCC(=O)OC(C)(C)C)c1ccc(F)cc1. The Hall–Kier alpha value is -1.91. The summed E-state index contributed by atoms with van der Waals surface area (Å²) in [5.74, 6) is -0.952. The lowest BCUT2D eigenvalue weighted by molar-refractivity contribution is -0.155. The third-order valence-corrected chi connectivity index (χ3v) is 2.72. The first-order chi connectivity index (χ1) is 9.67. The van der Waals surface area contributed by atoms with Crippen LogP contribution < -0.4 is 5.32 Å². The highest BCUT2D eigenvalue weighted by Crippen LogP contribution is 2.13. The summed E-state index contributed by atoms with van der Waals surface area (Å²) >= 11 is 0. The topological polar surface area (TPSA) is 55.4 Å². The molecule has 0 aliphatic rings. The summed E-state index contributed by atoms with van der Waals surface area (Å²) in [6.45, 7) is 7.14. The monoisotopic (exact) mass is 295 g/mol. The van der Waals surface area contributed by atoms with E-state index in [4.69, 9.17) is 4.74 Å². The molecule has 5 heteroatoms. The second-order valence-corrected chi connectivity index (χ2v) is 5.93. The van der Waals surface area contributed by atoms with Gasteiger partial charge >= 0.3 is 5.97 Å². The number of carbonyl (C=O) groups is 2. The van der Waals surface area contributed by atoms with Crippen LogP contribution in [0.2, 0.25) is 0 Å². The van der Waals surface area contributed by atoms with E-state index in [2.05, 4.69) is 5.32 Å². The molecule has 21 heavy (non-hydrogen) atoms. The van der Waals surface area contributed by atoms with Gasteiger partial charge in [0.05, 0.1) is 12.5 Å². The number of halogens is 1. The molecule has 0 saturated heterocycles. The molecule has 1 aromatic carbocycles. The molecule has 0 aliphatic carbocycles. The number of carbonyl (C=O) groups excluding carboxylic acids is 2. The fourth-order valence-electron chi connectivity index (χ4n) is 1.76. The summed E-state index contributed by atoms with van der Waals surface area (Å²) < 4.78 is 17.9. The predicted octanol–water partition coefficient (Wildman–Crippen LogP) is 3.12. The second-order valence-electron chi connectivity index (χ2n) is 5.93. The van der Waals surface area contributed by atoms with Gasteiger partial charge in [-0.3, -0.25) is 9.59 Å². The van der Waals surface area contributed by atoms with Gasteiger partial charge in [-0.15, -0.1) is 0 Å². The largest absolute Gasteiger partial charge is 0.460 e. The molecule has 0 saturated carbocycles. The van der Waals surface area contributed by atoms with E-state index in [0.29, 0.717) is 0 Å². The van der Waals surface area contributed by atoms with Gasteiger partial charge < -0.3 is 10.1 Å². The molecular weight excluding hydrogens is 273 g/mol. The highest BCUT2D eigenvalue weighted by molar-refractivity contribution is 5.81. The third-order valence-electron chi connectivity index (χ3n) is 2.72. The van der Waals surface area contributed by atoms with Crippen LogP contribution in [-0.2, 0) is 14.3 Å². The number of rotatable bonds is 5. The predicted molar refractivity (Wildman–Crippen MR) is 78.0 cm³/mol. The molecule has 0 fully saturated rings. The molecular formula is C16H22FNO3. The van der Waals surface area contributed by atoms with Crippen molar-refractivity contribution in [2.45, 2.75) is 52.2 Å². The van der Waals surface area contributed by atoms with Crippen LogP contribution in [-0.4, -0.2) is 17.5 Å². The van der Waals surface area contributed by atoms with Crippen molar-refractivity contribution in [1.29, 1.82) is 0 Å². The molecule has 116 valence electrons. The van der Waals surface area contributed by atoms with E-state index in [1.807, 2.05) is 0 Å². The minimum Gasteiger partial charge on any atom is -0.460 e. The van der Waals surface area contributed by atoms with Gasteiger partial charge in [0, 0.05) is 6.42 Å². The summed E-state index contributed by atoms with van der Waals surface area (Å²) in [5.41, 5.74) is 0.261. The number of nitrogens with one attached hydrogen (secondary N) is 1. The smallest absolute Gasteiger partial charge is 0.306 e. The quantitative estimate of drug-likeness (QED) is 0.849. The third kappa shape index (κ3) is 6.88.